The zero-order chi connectivity index (χ0) is 15.8. The Kier molecular flexibility index (Phi) is 18.7. The van der Waals surface area contributed by atoms with Gasteiger partial charge in [0.05, 0.1) is 0 Å². The van der Waals surface area contributed by atoms with Gasteiger partial charge in [0, 0.05) is 10.9 Å². The van der Waals surface area contributed by atoms with Gasteiger partial charge in [0.1, 0.15) is 0 Å². The van der Waals surface area contributed by atoms with Crippen LogP contribution in [0.4, 0.5) is 0 Å². The van der Waals surface area contributed by atoms with Crippen molar-refractivity contribution in [1.82, 2.24) is 5.32 Å². The van der Waals surface area contributed by atoms with Gasteiger partial charge in [0.25, 0.3) is 0 Å². The van der Waals surface area contributed by atoms with Crippen LogP contribution < -0.4 is 5.32 Å². The van der Waals surface area contributed by atoms with Gasteiger partial charge in [0.2, 0.25) is 0 Å². The first-order valence-electron chi connectivity index (χ1n) is 7.93. The second-order valence-electron chi connectivity index (χ2n) is 4.00. The molecular formula is C17H32ClNS. The molecule has 0 bridgehead atoms. The van der Waals surface area contributed by atoms with Crippen LogP contribution in [0.15, 0.2) is 29.2 Å². The highest BCUT2D eigenvalue weighted by molar-refractivity contribution is 8.21. The zero-order valence-electron chi connectivity index (χ0n) is 14.0. The first-order valence-corrected chi connectivity index (χ1v) is 9.58. The number of halogens is 1. The SMILES string of the molecule is CC.CC.CCC.ClSc1ccc(C2CCCN2)cc1. The lowest BCUT2D eigenvalue weighted by molar-refractivity contribution is 0.647. The van der Waals surface area contributed by atoms with E-state index in [1.165, 1.54) is 35.8 Å². The Morgan fingerprint density at radius 1 is 1.10 bits per heavy atom. The van der Waals surface area contributed by atoms with Crippen molar-refractivity contribution in [3.05, 3.63) is 29.8 Å². The van der Waals surface area contributed by atoms with Crippen LogP contribution in [-0.4, -0.2) is 6.54 Å². The molecule has 20 heavy (non-hydrogen) atoms. The molecule has 1 unspecified atom stereocenters. The van der Waals surface area contributed by atoms with Crippen LogP contribution in [0.5, 0.6) is 0 Å². The van der Waals surface area contributed by atoms with Gasteiger partial charge < -0.3 is 5.32 Å². The molecule has 1 aliphatic rings. The Hall–Kier alpha value is -0.180. The summed E-state index contributed by atoms with van der Waals surface area (Å²) >= 11 is 0. The molecule has 3 heteroatoms. The van der Waals surface area contributed by atoms with Crippen LogP contribution in [0.2, 0.25) is 0 Å². The molecule has 0 aromatic heterocycles. The summed E-state index contributed by atoms with van der Waals surface area (Å²) < 4.78 is 0. The monoisotopic (exact) mass is 317 g/mol. The predicted octanol–water partition coefficient (Wildman–Crippen LogP) is 6.83. The summed E-state index contributed by atoms with van der Waals surface area (Å²) in [5.41, 5.74) is 1.38. The van der Waals surface area contributed by atoms with Gasteiger partial charge in [-0.05, 0) is 58.7 Å². The standard InChI is InChI=1S/C10H12ClNS.C3H8.2C2H6/c11-13-9-5-3-8(4-6-9)10-2-1-7-12-10;1-3-2;2*1-2/h3-6,10,12H,1-2,7H2;3H2,1-2H3;2*1-2H3. The third kappa shape index (κ3) is 9.68. The van der Waals surface area contributed by atoms with Crippen molar-refractivity contribution in [3.63, 3.8) is 0 Å². The molecule has 1 saturated heterocycles. The summed E-state index contributed by atoms with van der Waals surface area (Å²) in [6.07, 6.45) is 3.80. The maximum atomic E-state index is 5.64. The van der Waals surface area contributed by atoms with Crippen LogP contribution in [0.25, 0.3) is 0 Å². The van der Waals surface area contributed by atoms with Crippen molar-refractivity contribution in [2.75, 3.05) is 6.54 Å². The Morgan fingerprint density at radius 2 is 1.60 bits per heavy atom. The van der Waals surface area contributed by atoms with E-state index in [0.29, 0.717) is 6.04 Å². The highest BCUT2D eigenvalue weighted by Crippen LogP contribution is 2.27. The highest BCUT2D eigenvalue weighted by atomic mass is 35.7. The fourth-order valence-corrected chi connectivity index (χ4v) is 2.27. The van der Waals surface area contributed by atoms with Crippen LogP contribution in [0.1, 0.15) is 72.4 Å². The van der Waals surface area contributed by atoms with Crippen molar-refractivity contribution in [2.24, 2.45) is 0 Å². The summed E-state index contributed by atoms with van der Waals surface area (Å²) in [7, 11) is 6.91. The van der Waals surface area contributed by atoms with E-state index in [1.807, 2.05) is 27.7 Å². The van der Waals surface area contributed by atoms with Crippen LogP contribution >= 0.6 is 21.7 Å². The van der Waals surface area contributed by atoms with Gasteiger partial charge in [-0.15, -0.1) is 0 Å². The van der Waals surface area contributed by atoms with E-state index in [1.54, 1.807) is 0 Å². The largest absolute Gasteiger partial charge is 0.310 e. The molecule has 0 aliphatic carbocycles. The molecule has 0 radical (unpaired) electrons. The molecule has 1 aliphatic heterocycles. The van der Waals surface area contributed by atoms with Crippen molar-refractivity contribution in [3.8, 4) is 0 Å². The second-order valence-corrected chi connectivity index (χ2v) is 5.09. The van der Waals surface area contributed by atoms with E-state index in [0.717, 1.165) is 11.4 Å². The number of nitrogens with one attached hydrogen (secondary N) is 1. The minimum Gasteiger partial charge on any atom is -0.310 e. The van der Waals surface area contributed by atoms with Crippen LogP contribution in [0, 0.1) is 0 Å². The van der Waals surface area contributed by atoms with Gasteiger partial charge >= 0.3 is 0 Å². The van der Waals surface area contributed by atoms with E-state index in [-0.39, 0.29) is 0 Å². The smallest absolute Gasteiger partial charge is 0.0320 e. The number of benzene rings is 1. The van der Waals surface area contributed by atoms with Crippen molar-refractivity contribution >= 4 is 21.7 Å². The van der Waals surface area contributed by atoms with Crippen LogP contribution in [-0.2, 0) is 0 Å². The van der Waals surface area contributed by atoms with Gasteiger partial charge in [-0.1, -0.05) is 60.1 Å². The molecule has 0 saturated carbocycles. The summed E-state index contributed by atoms with van der Waals surface area (Å²) in [5.74, 6) is 0. The second kappa shape index (κ2) is 16.9. The fraction of sp³-hybridized carbons (Fsp3) is 0.647. The molecule has 1 heterocycles. The molecule has 118 valence electrons. The first kappa shape index (κ1) is 22.1. The lowest BCUT2D eigenvalue weighted by Crippen LogP contribution is -2.12. The topological polar surface area (TPSA) is 12.0 Å². The summed E-state index contributed by atoms with van der Waals surface area (Å²) in [6, 6.07) is 9.04. The van der Waals surface area contributed by atoms with Gasteiger partial charge in [0.15, 0.2) is 0 Å². The lowest BCUT2D eigenvalue weighted by atomic mass is 10.1. The highest BCUT2D eigenvalue weighted by Gasteiger charge is 2.15. The van der Waals surface area contributed by atoms with E-state index in [9.17, 15) is 0 Å². The van der Waals surface area contributed by atoms with Crippen molar-refractivity contribution < 1.29 is 0 Å². The Bertz CT molecular complexity index is 282. The molecule has 1 fully saturated rings. The molecule has 2 rings (SSSR count). The average molecular weight is 318 g/mol. The molecule has 1 nitrogen and oxygen atoms in total. The molecule has 1 aromatic rings. The number of hydrogen-bond donors (Lipinski definition) is 1. The van der Waals surface area contributed by atoms with E-state index in [2.05, 4.69) is 43.4 Å². The number of rotatable bonds is 2. The molecule has 1 atom stereocenters. The molecular weight excluding hydrogens is 286 g/mol. The van der Waals surface area contributed by atoms with Gasteiger partial charge in [-0.2, -0.15) is 0 Å². The third-order valence-corrected chi connectivity index (χ3v) is 3.42. The molecule has 0 amide bonds. The Balaban J connectivity index is 0. The number of hydrogen-bond acceptors (Lipinski definition) is 2. The van der Waals surface area contributed by atoms with Gasteiger partial charge in [-0.3, -0.25) is 0 Å². The summed E-state index contributed by atoms with van der Waals surface area (Å²) in [4.78, 5) is 1.11. The summed E-state index contributed by atoms with van der Waals surface area (Å²) in [6.45, 7) is 13.4. The van der Waals surface area contributed by atoms with E-state index >= 15 is 0 Å². The molecule has 1 aromatic carbocycles. The summed E-state index contributed by atoms with van der Waals surface area (Å²) in [5, 5.41) is 3.47. The third-order valence-electron chi connectivity index (χ3n) is 2.43. The normalized spacial score (nSPS) is 15.8. The quantitative estimate of drug-likeness (QED) is 0.641. The first-order chi connectivity index (χ1) is 9.81. The predicted molar refractivity (Wildman–Crippen MR) is 96.8 cm³/mol. The van der Waals surface area contributed by atoms with E-state index < -0.39 is 0 Å². The van der Waals surface area contributed by atoms with E-state index in [4.69, 9.17) is 10.7 Å². The van der Waals surface area contributed by atoms with Crippen molar-refractivity contribution in [1.29, 1.82) is 0 Å². The average Bonchev–Trinajstić information content (AvgIpc) is 3.07. The maximum absolute atomic E-state index is 5.64. The van der Waals surface area contributed by atoms with Crippen LogP contribution in [0.3, 0.4) is 0 Å². The Morgan fingerprint density at radius 3 is 1.95 bits per heavy atom. The van der Waals surface area contributed by atoms with Gasteiger partial charge in [-0.25, -0.2) is 0 Å². The molecule has 1 N–H and O–H groups in total. The minimum absolute atomic E-state index is 0.564. The molecule has 0 spiro atoms. The minimum atomic E-state index is 0.564. The maximum Gasteiger partial charge on any atom is 0.0320 e. The van der Waals surface area contributed by atoms with Crippen molar-refractivity contribution in [2.45, 2.75) is 71.7 Å². The zero-order valence-corrected chi connectivity index (χ0v) is 15.6. The lowest BCUT2D eigenvalue weighted by Gasteiger charge is -2.10. The fourth-order valence-electron chi connectivity index (χ4n) is 1.72. The Labute approximate surface area is 135 Å².